The highest BCUT2D eigenvalue weighted by Crippen LogP contribution is 2.49. The maximum Gasteiger partial charge on any atom is 0.164 e. The molecule has 11 aromatic rings. The van der Waals surface area contributed by atoms with E-state index in [1.807, 2.05) is 60.7 Å². The van der Waals surface area contributed by atoms with Crippen molar-refractivity contribution in [2.45, 2.75) is 0 Å². The van der Waals surface area contributed by atoms with E-state index in [0.29, 0.717) is 17.5 Å². The largest absolute Gasteiger partial charge is 0.309 e. The first-order valence-corrected chi connectivity index (χ1v) is 19.9. The summed E-state index contributed by atoms with van der Waals surface area (Å²) in [5.41, 5.74) is 14.1. The Labute approximate surface area is 340 Å². The monoisotopic (exact) mass is 754 g/mol. The van der Waals surface area contributed by atoms with E-state index in [4.69, 9.17) is 15.0 Å². The van der Waals surface area contributed by atoms with Crippen LogP contribution in [-0.2, 0) is 0 Å². The molecule has 0 fully saturated rings. The number of hydrogen-bond acceptors (Lipinski definition) is 4. The molecule has 0 saturated carbocycles. The lowest BCUT2D eigenvalue weighted by Crippen LogP contribution is -2.11. The third kappa shape index (κ3) is 5.31. The summed E-state index contributed by atoms with van der Waals surface area (Å²) in [6.07, 6.45) is 0. The Kier molecular flexibility index (Phi) is 7.43. The van der Waals surface area contributed by atoms with Crippen molar-refractivity contribution in [1.29, 1.82) is 0 Å². The first-order chi connectivity index (χ1) is 29.3. The average Bonchev–Trinajstić information content (AvgIpc) is 3.80. The molecular weight excluding hydrogens is 721 g/mol. The van der Waals surface area contributed by atoms with Crippen LogP contribution in [0.4, 0.5) is 17.1 Å². The van der Waals surface area contributed by atoms with E-state index in [1.54, 1.807) is 0 Å². The first kappa shape index (κ1) is 33.1. The predicted molar refractivity (Wildman–Crippen MR) is 241 cm³/mol. The molecule has 0 N–H and O–H groups in total. The van der Waals surface area contributed by atoms with Gasteiger partial charge in [-0.3, -0.25) is 0 Å². The highest BCUT2D eigenvalue weighted by molar-refractivity contribution is 6.14. The van der Waals surface area contributed by atoms with Crippen LogP contribution in [0.5, 0.6) is 0 Å². The summed E-state index contributed by atoms with van der Waals surface area (Å²) < 4.78 is 4.84. The maximum absolute atomic E-state index is 5.07. The van der Waals surface area contributed by atoms with Crippen LogP contribution in [0.2, 0.25) is 0 Å². The fraction of sp³-hybridized carbons (Fsp3) is 0. The van der Waals surface area contributed by atoms with Crippen molar-refractivity contribution in [2.75, 3.05) is 4.90 Å². The molecule has 0 atom stereocenters. The van der Waals surface area contributed by atoms with Crippen LogP contribution >= 0.6 is 0 Å². The lowest BCUT2D eigenvalue weighted by molar-refractivity contribution is 1.07. The number of rotatable bonds is 5. The fourth-order valence-electron chi connectivity index (χ4n) is 8.84. The molecule has 276 valence electrons. The molecule has 0 radical (unpaired) electrons. The van der Waals surface area contributed by atoms with Gasteiger partial charge in [0, 0.05) is 49.8 Å². The second-order valence-electron chi connectivity index (χ2n) is 14.9. The van der Waals surface area contributed by atoms with Gasteiger partial charge in [0.25, 0.3) is 0 Å². The molecule has 6 heteroatoms. The van der Waals surface area contributed by atoms with E-state index in [-0.39, 0.29) is 0 Å². The fourth-order valence-corrected chi connectivity index (χ4v) is 8.84. The molecular formula is C53H34N6. The third-order valence-corrected chi connectivity index (χ3v) is 11.5. The van der Waals surface area contributed by atoms with Crippen LogP contribution in [0.3, 0.4) is 0 Å². The minimum Gasteiger partial charge on any atom is -0.309 e. The molecule has 0 saturated heterocycles. The molecule has 12 rings (SSSR count). The zero-order chi connectivity index (χ0) is 38.9. The smallest absolute Gasteiger partial charge is 0.164 e. The van der Waals surface area contributed by atoms with Gasteiger partial charge in [-0.2, -0.15) is 0 Å². The van der Waals surface area contributed by atoms with Crippen molar-refractivity contribution >= 4 is 49.8 Å². The van der Waals surface area contributed by atoms with Gasteiger partial charge >= 0.3 is 0 Å². The molecule has 0 unspecified atom stereocenters. The standard InChI is InChI=1S/C53H34N6/c1-4-17-35(18-5-1)51-54-52(36-19-6-2-7-20-36)56-53(55-51)37-21-16-24-40(31-37)58-44-27-12-10-25-41(44)43-32-38-33-49-42-26-11-13-28-45(42)57(39-22-8-3-9-23-39)46-29-14-15-30-47(46)59(49)48(38)34-50(43)58/h1-34H. The number of anilines is 3. The van der Waals surface area contributed by atoms with Crippen LogP contribution in [-0.4, -0.2) is 24.1 Å². The molecule has 6 nitrogen and oxygen atoms in total. The highest BCUT2D eigenvalue weighted by atomic mass is 15.2. The molecule has 0 bridgehead atoms. The van der Waals surface area contributed by atoms with Gasteiger partial charge in [0.1, 0.15) is 0 Å². The van der Waals surface area contributed by atoms with Gasteiger partial charge in [-0.25, -0.2) is 15.0 Å². The molecule has 8 aromatic carbocycles. The molecule has 0 aliphatic carbocycles. The summed E-state index contributed by atoms with van der Waals surface area (Å²) in [5, 5.41) is 3.59. The van der Waals surface area contributed by atoms with Crippen LogP contribution in [0.1, 0.15) is 0 Å². The van der Waals surface area contributed by atoms with E-state index >= 15 is 0 Å². The zero-order valence-corrected chi connectivity index (χ0v) is 31.8. The summed E-state index contributed by atoms with van der Waals surface area (Å²) in [6.45, 7) is 0. The molecule has 1 aliphatic rings. The Hall–Kier alpha value is -8.09. The number of hydrogen-bond donors (Lipinski definition) is 0. The van der Waals surface area contributed by atoms with Gasteiger partial charge in [0.15, 0.2) is 17.5 Å². The molecule has 4 heterocycles. The molecule has 0 amide bonds. The van der Waals surface area contributed by atoms with Crippen molar-refractivity contribution in [2.24, 2.45) is 0 Å². The second-order valence-corrected chi connectivity index (χ2v) is 14.9. The Balaban J connectivity index is 1.09. The van der Waals surface area contributed by atoms with E-state index in [0.717, 1.165) is 67.4 Å². The molecule has 0 spiro atoms. The summed E-state index contributed by atoms with van der Waals surface area (Å²) >= 11 is 0. The van der Waals surface area contributed by atoms with Gasteiger partial charge in [-0.15, -0.1) is 0 Å². The van der Waals surface area contributed by atoms with Gasteiger partial charge in [-0.05, 0) is 66.7 Å². The quantitative estimate of drug-likeness (QED) is 0.176. The lowest BCUT2D eigenvalue weighted by Gasteiger charge is -2.26. The van der Waals surface area contributed by atoms with E-state index in [1.165, 1.54) is 21.7 Å². The number of benzene rings is 8. The molecule has 59 heavy (non-hydrogen) atoms. The van der Waals surface area contributed by atoms with E-state index in [9.17, 15) is 0 Å². The third-order valence-electron chi connectivity index (χ3n) is 11.5. The normalized spacial score (nSPS) is 12.0. The van der Waals surface area contributed by atoms with Crippen molar-refractivity contribution in [3.63, 3.8) is 0 Å². The molecule has 1 aliphatic heterocycles. The van der Waals surface area contributed by atoms with Crippen molar-refractivity contribution in [3.8, 4) is 56.8 Å². The Morgan fingerprint density at radius 3 is 1.61 bits per heavy atom. The summed E-state index contributed by atoms with van der Waals surface area (Å²) in [4.78, 5) is 17.5. The van der Waals surface area contributed by atoms with Gasteiger partial charge < -0.3 is 14.0 Å². The second kappa shape index (κ2) is 13.3. The van der Waals surface area contributed by atoms with Crippen LogP contribution < -0.4 is 4.90 Å². The number of aromatic nitrogens is 5. The SMILES string of the molecule is c1ccc(-c2nc(-c3ccccc3)nc(-c3cccc(-n4c5ccccc5c5cc6cc7n(c6cc54)-c4ccccc4N(c4ccccc4)c4ccccc4-7)c3)n2)cc1. The summed E-state index contributed by atoms with van der Waals surface area (Å²) in [5.74, 6) is 1.90. The van der Waals surface area contributed by atoms with Crippen molar-refractivity contribution in [1.82, 2.24) is 24.1 Å². The Morgan fingerprint density at radius 1 is 0.322 bits per heavy atom. The first-order valence-electron chi connectivity index (χ1n) is 19.9. The number of nitrogens with zero attached hydrogens (tertiary/aromatic N) is 6. The minimum atomic E-state index is 0.623. The summed E-state index contributed by atoms with van der Waals surface area (Å²) in [7, 11) is 0. The number of para-hydroxylation sites is 5. The minimum absolute atomic E-state index is 0.623. The van der Waals surface area contributed by atoms with Gasteiger partial charge in [-0.1, -0.05) is 140 Å². The van der Waals surface area contributed by atoms with Crippen molar-refractivity contribution in [3.05, 3.63) is 206 Å². The highest BCUT2D eigenvalue weighted by Gasteiger charge is 2.28. The number of fused-ring (bicyclic) bond motifs is 10. The van der Waals surface area contributed by atoms with E-state index < -0.39 is 0 Å². The van der Waals surface area contributed by atoms with Crippen molar-refractivity contribution < 1.29 is 0 Å². The van der Waals surface area contributed by atoms with Gasteiger partial charge in [0.2, 0.25) is 0 Å². The zero-order valence-electron chi connectivity index (χ0n) is 31.8. The lowest BCUT2D eigenvalue weighted by atomic mass is 10.1. The van der Waals surface area contributed by atoms with E-state index in [2.05, 4.69) is 160 Å². The Morgan fingerprint density at radius 2 is 0.881 bits per heavy atom. The van der Waals surface area contributed by atoms with Crippen LogP contribution in [0.25, 0.3) is 89.5 Å². The molecule has 3 aromatic heterocycles. The van der Waals surface area contributed by atoms with Gasteiger partial charge in [0.05, 0.1) is 39.3 Å². The predicted octanol–water partition coefficient (Wildman–Crippen LogP) is 13.4. The summed E-state index contributed by atoms with van der Waals surface area (Å²) in [6, 6.07) is 72.8. The topological polar surface area (TPSA) is 51.8 Å². The average molecular weight is 755 g/mol. The Bertz CT molecular complexity index is 3330. The van der Waals surface area contributed by atoms with Crippen LogP contribution in [0.15, 0.2) is 206 Å². The van der Waals surface area contributed by atoms with Crippen LogP contribution in [0, 0.1) is 0 Å². The maximum atomic E-state index is 5.07.